The third-order valence-corrected chi connectivity index (χ3v) is 5.21. The lowest BCUT2D eigenvalue weighted by Crippen LogP contribution is -2.41. The molecule has 156 valence electrons. The summed E-state index contributed by atoms with van der Waals surface area (Å²) < 4.78 is 4.88. The van der Waals surface area contributed by atoms with Crippen LogP contribution in [0.5, 0.6) is 0 Å². The van der Waals surface area contributed by atoms with Gasteiger partial charge in [0.2, 0.25) is 0 Å². The average molecular weight is 406 g/mol. The lowest BCUT2D eigenvalue weighted by atomic mass is 10.2. The second-order valence-corrected chi connectivity index (χ2v) is 8.05. The Bertz CT molecular complexity index is 1270. The summed E-state index contributed by atoms with van der Waals surface area (Å²) in [6.45, 7) is 7.09. The van der Waals surface area contributed by atoms with Gasteiger partial charge in [-0.3, -0.25) is 13.9 Å². The molecule has 1 aromatic carbocycles. The van der Waals surface area contributed by atoms with Gasteiger partial charge in [0.25, 0.3) is 5.56 Å². The summed E-state index contributed by atoms with van der Waals surface area (Å²) in [6, 6.07) is 11.7. The molecule has 4 aromatic rings. The van der Waals surface area contributed by atoms with Crippen LogP contribution < -0.4 is 11.2 Å². The summed E-state index contributed by atoms with van der Waals surface area (Å²) in [5.74, 6) is 0.200. The van der Waals surface area contributed by atoms with Crippen LogP contribution in [0, 0.1) is 5.92 Å². The zero-order valence-electron chi connectivity index (χ0n) is 17.6. The molecular weight excluding hydrogens is 378 g/mol. The molecule has 0 aliphatic carbocycles. The van der Waals surface area contributed by atoms with Gasteiger partial charge < -0.3 is 4.98 Å². The monoisotopic (exact) mass is 405 g/mol. The van der Waals surface area contributed by atoms with Crippen LogP contribution in [0.15, 0.2) is 58.4 Å². The fourth-order valence-corrected chi connectivity index (χ4v) is 3.69. The normalized spacial score (nSPS) is 11.6. The minimum absolute atomic E-state index is 0.200. The lowest BCUT2D eigenvalue weighted by Gasteiger charge is -2.13. The van der Waals surface area contributed by atoms with Crippen molar-refractivity contribution in [2.75, 3.05) is 0 Å². The number of aromatic amines is 1. The van der Waals surface area contributed by atoms with Crippen molar-refractivity contribution < 1.29 is 0 Å². The van der Waals surface area contributed by atoms with Gasteiger partial charge in [-0.2, -0.15) is 5.10 Å². The third kappa shape index (κ3) is 3.63. The van der Waals surface area contributed by atoms with E-state index in [2.05, 4.69) is 17.0 Å². The molecule has 0 unspecified atom stereocenters. The number of benzene rings is 1. The van der Waals surface area contributed by atoms with Crippen molar-refractivity contribution in [3.63, 3.8) is 0 Å². The molecule has 3 heterocycles. The maximum absolute atomic E-state index is 13.1. The Morgan fingerprint density at radius 1 is 1.10 bits per heavy atom. The largest absolute Gasteiger partial charge is 0.349 e. The molecule has 0 radical (unpaired) electrons. The molecule has 0 saturated heterocycles. The smallest absolute Gasteiger partial charge is 0.331 e. The number of aryl methyl sites for hydroxylation is 1. The van der Waals surface area contributed by atoms with Crippen molar-refractivity contribution in [1.82, 2.24) is 23.9 Å². The van der Waals surface area contributed by atoms with E-state index in [1.807, 2.05) is 56.4 Å². The summed E-state index contributed by atoms with van der Waals surface area (Å²) in [7, 11) is 0. The first-order valence-electron chi connectivity index (χ1n) is 10.5. The molecule has 7 nitrogen and oxygen atoms in total. The van der Waals surface area contributed by atoms with Crippen LogP contribution in [0.1, 0.15) is 33.6 Å². The highest BCUT2D eigenvalue weighted by Crippen LogP contribution is 2.23. The Morgan fingerprint density at radius 2 is 1.87 bits per heavy atom. The molecule has 7 heteroatoms. The van der Waals surface area contributed by atoms with Crippen molar-refractivity contribution in [3.05, 3.63) is 69.6 Å². The number of H-pyrrole nitrogens is 1. The highest BCUT2D eigenvalue weighted by atomic mass is 16.2. The highest BCUT2D eigenvalue weighted by Gasteiger charge is 2.17. The molecule has 0 aliphatic rings. The summed E-state index contributed by atoms with van der Waals surface area (Å²) in [5, 5.41) is 4.45. The van der Waals surface area contributed by atoms with Gasteiger partial charge in [-0.05, 0) is 30.5 Å². The Kier molecular flexibility index (Phi) is 5.44. The quantitative estimate of drug-likeness (QED) is 0.508. The molecule has 4 rings (SSSR count). The van der Waals surface area contributed by atoms with Crippen LogP contribution in [0.3, 0.4) is 0 Å². The zero-order chi connectivity index (χ0) is 21.3. The summed E-state index contributed by atoms with van der Waals surface area (Å²) >= 11 is 0. The number of unbranched alkanes of at least 4 members (excludes halogenated alkanes) is 1. The molecule has 0 bridgehead atoms. The number of para-hydroxylation sites is 1. The molecule has 0 saturated carbocycles. The van der Waals surface area contributed by atoms with Gasteiger partial charge in [-0.25, -0.2) is 9.48 Å². The summed E-state index contributed by atoms with van der Waals surface area (Å²) in [4.78, 5) is 29.4. The molecule has 1 N–H and O–H groups in total. The first kappa shape index (κ1) is 19.9. The molecular formula is C23H27N5O2. The molecule has 0 aliphatic heterocycles. The zero-order valence-corrected chi connectivity index (χ0v) is 17.6. The van der Waals surface area contributed by atoms with E-state index >= 15 is 0 Å². The molecule has 0 fully saturated rings. The van der Waals surface area contributed by atoms with Gasteiger partial charge in [-0.15, -0.1) is 0 Å². The van der Waals surface area contributed by atoms with Gasteiger partial charge in [0.15, 0.2) is 0 Å². The molecule has 0 atom stereocenters. The van der Waals surface area contributed by atoms with Gasteiger partial charge >= 0.3 is 5.69 Å². The van der Waals surface area contributed by atoms with Gasteiger partial charge in [-0.1, -0.05) is 45.4 Å². The van der Waals surface area contributed by atoms with Crippen molar-refractivity contribution in [3.8, 4) is 16.9 Å². The molecule has 0 spiro atoms. The van der Waals surface area contributed by atoms with Crippen molar-refractivity contribution in [1.29, 1.82) is 0 Å². The minimum Gasteiger partial charge on any atom is -0.349 e. The molecule has 3 aromatic heterocycles. The fraction of sp³-hybridized carbons (Fsp3) is 0.348. The van der Waals surface area contributed by atoms with E-state index in [4.69, 9.17) is 0 Å². The van der Waals surface area contributed by atoms with E-state index in [0.29, 0.717) is 24.1 Å². The van der Waals surface area contributed by atoms with Crippen LogP contribution in [-0.4, -0.2) is 23.9 Å². The lowest BCUT2D eigenvalue weighted by molar-refractivity contribution is 0.472. The van der Waals surface area contributed by atoms with Crippen LogP contribution in [0.4, 0.5) is 0 Å². The average Bonchev–Trinajstić information content (AvgIpc) is 3.39. The summed E-state index contributed by atoms with van der Waals surface area (Å²) in [5.41, 5.74) is 3.21. The predicted molar refractivity (Wildman–Crippen MR) is 119 cm³/mol. The van der Waals surface area contributed by atoms with Crippen LogP contribution in [0.25, 0.3) is 28.0 Å². The summed E-state index contributed by atoms with van der Waals surface area (Å²) in [6.07, 6.45) is 5.53. The first-order chi connectivity index (χ1) is 14.5. The van der Waals surface area contributed by atoms with Crippen molar-refractivity contribution in [2.45, 2.75) is 46.7 Å². The van der Waals surface area contributed by atoms with Crippen LogP contribution in [-0.2, 0) is 13.1 Å². The maximum Gasteiger partial charge on any atom is 0.331 e. The number of fused-ring (bicyclic) bond motifs is 1. The standard InChI is InChI=1S/C23H27N5O2/c1-4-5-11-26-20-12-19(17-13-24-28(15-17)18-9-7-6-8-10-18)25-21(20)22(29)27(23(26)30)14-16(2)3/h6-10,12-13,15-16,25H,4-5,11,14H2,1-3H3. The van der Waals surface area contributed by atoms with Gasteiger partial charge in [0, 0.05) is 24.8 Å². The topological polar surface area (TPSA) is 77.6 Å². The molecule has 30 heavy (non-hydrogen) atoms. The number of nitrogens with zero attached hydrogens (tertiary/aromatic N) is 4. The highest BCUT2D eigenvalue weighted by molar-refractivity contribution is 5.82. The van der Waals surface area contributed by atoms with E-state index in [1.165, 1.54) is 4.57 Å². The Labute approximate surface area is 174 Å². The third-order valence-electron chi connectivity index (χ3n) is 5.21. The Hall–Kier alpha value is -3.35. The number of hydrogen-bond acceptors (Lipinski definition) is 3. The molecule has 0 amide bonds. The first-order valence-corrected chi connectivity index (χ1v) is 10.5. The number of rotatable bonds is 7. The van der Waals surface area contributed by atoms with Crippen LogP contribution >= 0.6 is 0 Å². The fourth-order valence-electron chi connectivity index (χ4n) is 3.69. The van der Waals surface area contributed by atoms with Gasteiger partial charge in [0.1, 0.15) is 5.52 Å². The van der Waals surface area contributed by atoms with E-state index in [-0.39, 0.29) is 17.2 Å². The minimum atomic E-state index is -0.266. The van der Waals surface area contributed by atoms with E-state index in [9.17, 15) is 9.59 Å². The van der Waals surface area contributed by atoms with E-state index in [1.54, 1.807) is 15.4 Å². The Balaban J connectivity index is 1.85. The SMILES string of the molecule is CCCCn1c(=O)n(CC(C)C)c(=O)c2[nH]c(-c3cnn(-c4ccccc4)c3)cc21. The predicted octanol–water partition coefficient (Wildman–Crippen LogP) is 3.80. The Morgan fingerprint density at radius 3 is 2.57 bits per heavy atom. The maximum atomic E-state index is 13.1. The number of aromatic nitrogens is 5. The number of nitrogens with one attached hydrogen (secondary N) is 1. The second-order valence-electron chi connectivity index (χ2n) is 8.05. The number of hydrogen-bond donors (Lipinski definition) is 1. The van der Waals surface area contributed by atoms with E-state index in [0.717, 1.165) is 29.8 Å². The van der Waals surface area contributed by atoms with Gasteiger partial charge in [0.05, 0.1) is 23.1 Å². The van der Waals surface area contributed by atoms with Crippen LogP contribution in [0.2, 0.25) is 0 Å². The van der Waals surface area contributed by atoms with E-state index < -0.39 is 0 Å². The van der Waals surface area contributed by atoms with Crippen molar-refractivity contribution >= 4 is 11.0 Å². The second kappa shape index (κ2) is 8.18. The van der Waals surface area contributed by atoms with Crippen molar-refractivity contribution in [2.24, 2.45) is 5.92 Å².